The molecule has 0 heterocycles. The average Bonchev–Trinajstić information content (AvgIpc) is 2.11. The van der Waals surface area contributed by atoms with E-state index in [2.05, 4.69) is 6.92 Å². The molecule has 0 aromatic carbocycles. The number of carbonyl (C=O) groups is 2. The Bertz CT molecular complexity index is 228. The van der Waals surface area contributed by atoms with Crippen LogP contribution in [0.2, 0.25) is 0 Å². The summed E-state index contributed by atoms with van der Waals surface area (Å²) in [5.74, 6) is -1.25. The van der Waals surface area contributed by atoms with Crippen molar-refractivity contribution in [2.24, 2.45) is 5.73 Å². The van der Waals surface area contributed by atoms with Crippen molar-refractivity contribution in [2.45, 2.75) is 57.9 Å². The quantitative estimate of drug-likeness (QED) is 0.604. The van der Waals surface area contributed by atoms with Gasteiger partial charge in [-0.1, -0.05) is 32.6 Å². The first kappa shape index (κ1) is 14.1. The summed E-state index contributed by atoms with van der Waals surface area (Å²) in [4.78, 5) is 21.9. The van der Waals surface area contributed by atoms with Crippen molar-refractivity contribution in [3.63, 3.8) is 0 Å². The normalized spacial score (nSPS) is 14.6. The Kier molecular flexibility index (Phi) is 6.17. The molecular weight excluding hydrogens is 194 g/mol. The van der Waals surface area contributed by atoms with E-state index in [0.717, 1.165) is 25.7 Å². The van der Waals surface area contributed by atoms with E-state index in [9.17, 15) is 9.59 Å². The molecule has 88 valence electrons. The Balaban J connectivity index is 4.14. The van der Waals surface area contributed by atoms with Crippen molar-refractivity contribution >= 4 is 11.8 Å². The maximum absolute atomic E-state index is 10.9. The van der Waals surface area contributed by atoms with Crippen LogP contribution >= 0.6 is 0 Å². The monoisotopic (exact) mass is 215 g/mol. The smallest absolute Gasteiger partial charge is 0.324 e. The second-order valence-electron chi connectivity index (χ2n) is 4.15. The Morgan fingerprint density at radius 2 is 1.87 bits per heavy atom. The fourth-order valence-electron chi connectivity index (χ4n) is 1.58. The number of carboxylic acids is 1. The third-order valence-electron chi connectivity index (χ3n) is 2.47. The molecule has 1 atom stereocenters. The van der Waals surface area contributed by atoms with Crippen LogP contribution in [0, 0.1) is 0 Å². The van der Waals surface area contributed by atoms with Crippen LogP contribution in [0.4, 0.5) is 0 Å². The molecule has 1 unspecified atom stereocenters. The van der Waals surface area contributed by atoms with Gasteiger partial charge in [-0.3, -0.25) is 9.59 Å². The summed E-state index contributed by atoms with van der Waals surface area (Å²) in [5, 5.41) is 8.96. The van der Waals surface area contributed by atoms with Crippen LogP contribution in [0.1, 0.15) is 52.4 Å². The van der Waals surface area contributed by atoms with E-state index < -0.39 is 11.5 Å². The van der Waals surface area contributed by atoms with Gasteiger partial charge in [0, 0.05) is 6.42 Å². The summed E-state index contributed by atoms with van der Waals surface area (Å²) in [7, 11) is 0. The van der Waals surface area contributed by atoms with Gasteiger partial charge in [0.2, 0.25) is 0 Å². The Morgan fingerprint density at radius 1 is 1.27 bits per heavy atom. The van der Waals surface area contributed by atoms with Crippen LogP contribution in [0.5, 0.6) is 0 Å². The average molecular weight is 215 g/mol. The van der Waals surface area contributed by atoms with Gasteiger partial charge in [-0.25, -0.2) is 0 Å². The fourth-order valence-corrected chi connectivity index (χ4v) is 1.58. The number of carboxylic acid groups (broad SMARTS) is 1. The predicted octanol–water partition coefficient (Wildman–Crippen LogP) is 1.72. The molecule has 0 saturated carbocycles. The minimum atomic E-state index is -1.36. The third kappa shape index (κ3) is 5.52. The Morgan fingerprint density at radius 3 is 2.27 bits per heavy atom. The summed E-state index contributed by atoms with van der Waals surface area (Å²) in [6.07, 6.45) is 4.22. The molecule has 0 fully saturated rings. The fraction of sp³-hybridized carbons (Fsp3) is 0.818. The second kappa shape index (κ2) is 6.56. The van der Waals surface area contributed by atoms with Crippen LogP contribution in [0.25, 0.3) is 0 Å². The number of nitrogens with two attached hydrogens (primary N) is 1. The number of hydrogen-bond acceptors (Lipinski definition) is 3. The number of ketones is 1. The van der Waals surface area contributed by atoms with Gasteiger partial charge in [0.1, 0.15) is 11.3 Å². The topological polar surface area (TPSA) is 80.4 Å². The van der Waals surface area contributed by atoms with E-state index >= 15 is 0 Å². The maximum atomic E-state index is 10.9. The summed E-state index contributed by atoms with van der Waals surface area (Å²) in [6.45, 7) is 3.46. The van der Waals surface area contributed by atoms with Gasteiger partial charge in [-0.2, -0.15) is 0 Å². The second-order valence-corrected chi connectivity index (χ2v) is 4.15. The van der Waals surface area contributed by atoms with Gasteiger partial charge >= 0.3 is 5.97 Å². The van der Waals surface area contributed by atoms with E-state index in [0.29, 0.717) is 6.42 Å². The van der Waals surface area contributed by atoms with E-state index in [1.54, 1.807) is 0 Å². The molecule has 0 aliphatic carbocycles. The van der Waals surface area contributed by atoms with Gasteiger partial charge in [0.25, 0.3) is 0 Å². The highest BCUT2D eigenvalue weighted by Crippen LogP contribution is 2.17. The minimum absolute atomic E-state index is 0.0749. The number of rotatable bonds is 8. The van der Waals surface area contributed by atoms with Crippen molar-refractivity contribution in [3.8, 4) is 0 Å². The molecule has 0 aromatic heterocycles. The summed E-state index contributed by atoms with van der Waals surface area (Å²) < 4.78 is 0. The van der Waals surface area contributed by atoms with Crippen LogP contribution in [-0.2, 0) is 9.59 Å². The van der Waals surface area contributed by atoms with E-state index in [-0.39, 0.29) is 12.2 Å². The summed E-state index contributed by atoms with van der Waals surface area (Å²) in [5.41, 5.74) is 4.34. The van der Waals surface area contributed by atoms with Crippen LogP contribution in [0.3, 0.4) is 0 Å². The molecule has 0 spiro atoms. The first-order chi connectivity index (χ1) is 6.92. The highest BCUT2D eigenvalue weighted by atomic mass is 16.4. The maximum Gasteiger partial charge on any atom is 0.324 e. The van der Waals surface area contributed by atoms with Crippen LogP contribution in [-0.4, -0.2) is 22.4 Å². The number of aliphatic carboxylic acids is 1. The standard InChI is InChI=1S/C11H21NO3/c1-3-4-5-6-7-11(12,10(14)15)8-9(2)13/h3-8,12H2,1-2H3,(H,14,15). The van der Waals surface area contributed by atoms with E-state index in [4.69, 9.17) is 10.8 Å². The number of hydrogen-bond donors (Lipinski definition) is 2. The molecule has 0 radical (unpaired) electrons. The molecule has 4 heteroatoms. The van der Waals surface area contributed by atoms with Gasteiger partial charge in [0.15, 0.2) is 0 Å². The SMILES string of the molecule is CCCCCCC(N)(CC(C)=O)C(=O)O. The molecule has 3 N–H and O–H groups in total. The highest BCUT2D eigenvalue weighted by molar-refractivity contribution is 5.87. The predicted molar refractivity (Wildman–Crippen MR) is 58.6 cm³/mol. The van der Waals surface area contributed by atoms with Gasteiger partial charge in [-0.05, 0) is 13.3 Å². The molecule has 15 heavy (non-hydrogen) atoms. The lowest BCUT2D eigenvalue weighted by atomic mass is 9.88. The number of Topliss-reactive ketones (excluding diaryl/α,β-unsaturated/α-hetero) is 1. The largest absolute Gasteiger partial charge is 0.480 e. The molecule has 0 aliphatic heterocycles. The summed E-state index contributed by atoms with van der Waals surface area (Å²) in [6, 6.07) is 0. The highest BCUT2D eigenvalue weighted by Gasteiger charge is 2.34. The zero-order valence-electron chi connectivity index (χ0n) is 9.58. The van der Waals surface area contributed by atoms with Gasteiger partial charge in [-0.15, -0.1) is 0 Å². The summed E-state index contributed by atoms with van der Waals surface area (Å²) >= 11 is 0. The Labute approximate surface area is 90.8 Å². The number of unbranched alkanes of at least 4 members (excludes halogenated alkanes) is 3. The van der Waals surface area contributed by atoms with Crippen LogP contribution < -0.4 is 5.73 Å². The van der Waals surface area contributed by atoms with Crippen molar-refractivity contribution in [3.05, 3.63) is 0 Å². The molecular formula is C11H21NO3. The minimum Gasteiger partial charge on any atom is -0.480 e. The van der Waals surface area contributed by atoms with Crippen LogP contribution in [0.15, 0.2) is 0 Å². The third-order valence-corrected chi connectivity index (χ3v) is 2.47. The van der Waals surface area contributed by atoms with Crippen molar-refractivity contribution in [1.29, 1.82) is 0 Å². The van der Waals surface area contributed by atoms with Gasteiger partial charge < -0.3 is 10.8 Å². The molecule has 4 nitrogen and oxygen atoms in total. The first-order valence-electron chi connectivity index (χ1n) is 5.44. The lowest BCUT2D eigenvalue weighted by molar-refractivity contribution is -0.145. The van der Waals surface area contributed by atoms with E-state index in [1.807, 2.05) is 0 Å². The lowest BCUT2D eigenvalue weighted by Gasteiger charge is -2.23. The van der Waals surface area contributed by atoms with Gasteiger partial charge in [0.05, 0.1) is 0 Å². The molecule has 0 amide bonds. The first-order valence-corrected chi connectivity index (χ1v) is 5.44. The molecule has 0 bridgehead atoms. The zero-order chi connectivity index (χ0) is 11.9. The zero-order valence-corrected chi connectivity index (χ0v) is 9.58. The van der Waals surface area contributed by atoms with E-state index in [1.165, 1.54) is 6.92 Å². The number of carbonyl (C=O) groups excluding carboxylic acids is 1. The lowest BCUT2D eigenvalue weighted by Crippen LogP contribution is -2.49. The molecule has 0 aliphatic rings. The molecule has 0 aromatic rings. The van der Waals surface area contributed by atoms with Crippen molar-refractivity contribution < 1.29 is 14.7 Å². The van der Waals surface area contributed by atoms with Crippen molar-refractivity contribution in [1.82, 2.24) is 0 Å². The molecule has 0 saturated heterocycles. The molecule has 0 rings (SSSR count). The Hall–Kier alpha value is -0.900. The van der Waals surface area contributed by atoms with Crippen molar-refractivity contribution in [2.75, 3.05) is 0 Å².